The number of methoxy groups -OCH3 is 1. The molecule has 1 aromatic carbocycles. The van der Waals surface area contributed by atoms with Gasteiger partial charge in [0.2, 0.25) is 0 Å². The van der Waals surface area contributed by atoms with Crippen molar-refractivity contribution in [1.29, 1.82) is 0 Å². The van der Waals surface area contributed by atoms with Crippen LogP contribution in [0.2, 0.25) is 0 Å². The van der Waals surface area contributed by atoms with Crippen LogP contribution in [0.4, 0.5) is 0 Å². The maximum absolute atomic E-state index is 10.9. The van der Waals surface area contributed by atoms with E-state index in [-0.39, 0.29) is 22.6 Å². The van der Waals surface area contributed by atoms with E-state index in [0.717, 1.165) is 5.57 Å². The Morgan fingerprint density at radius 1 is 1.12 bits per heavy atom. The minimum absolute atomic E-state index is 0.171. The number of allylic oxidation sites excluding steroid dienone is 6. The fraction of sp³-hybridized carbons (Fsp3) is 0.105. The molecule has 0 radical (unpaired) electrons. The first kappa shape index (κ1) is 19.6. The molecule has 0 spiro atoms. The highest BCUT2D eigenvalue weighted by molar-refractivity contribution is 5.92. The Morgan fingerprint density at radius 2 is 1.80 bits per heavy atom. The summed E-state index contributed by atoms with van der Waals surface area (Å²) in [6.45, 7) is 5.20. The van der Waals surface area contributed by atoms with E-state index < -0.39 is 17.5 Å². The molecule has 1 aromatic rings. The van der Waals surface area contributed by atoms with Gasteiger partial charge < -0.3 is 25.2 Å². The number of hydrogen-bond donors (Lipinski definition) is 4. The van der Waals surface area contributed by atoms with E-state index in [9.17, 15) is 20.1 Å². The third kappa shape index (κ3) is 5.62. The first-order valence-corrected chi connectivity index (χ1v) is 7.21. The molecule has 4 N–H and O–H groups in total. The van der Waals surface area contributed by atoms with Crippen LogP contribution in [0.25, 0.3) is 6.08 Å². The van der Waals surface area contributed by atoms with Crippen LogP contribution in [-0.2, 0) is 4.74 Å². The number of ether oxygens (including phenoxy) is 1. The summed E-state index contributed by atoms with van der Waals surface area (Å²) in [7, 11) is 1.42. The highest BCUT2D eigenvalue weighted by Crippen LogP contribution is 2.33. The summed E-state index contributed by atoms with van der Waals surface area (Å²) in [5.41, 5.74) is 0.774. The van der Waals surface area contributed by atoms with Gasteiger partial charge in [0.25, 0.3) is 0 Å². The van der Waals surface area contributed by atoms with Crippen LogP contribution in [0.15, 0.2) is 66.2 Å². The Balaban J connectivity index is 2.87. The van der Waals surface area contributed by atoms with E-state index in [2.05, 4.69) is 6.58 Å². The van der Waals surface area contributed by atoms with Crippen molar-refractivity contribution < 1.29 is 30.0 Å². The molecule has 6 heteroatoms. The lowest BCUT2D eigenvalue weighted by atomic mass is 10.1. The van der Waals surface area contributed by atoms with Crippen molar-refractivity contribution in [2.24, 2.45) is 0 Å². The first-order chi connectivity index (χ1) is 11.8. The number of aliphatic hydroxyl groups excluding tert-OH is 1. The Kier molecular flexibility index (Phi) is 7.09. The van der Waals surface area contributed by atoms with E-state index >= 15 is 0 Å². The van der Waals surface area contributed by atoms with Crippen LogP contribution in [0.1, 0.15) is 22.8 Å². The number of phenols is 2. The lowest BCUT2D eigenvalue weighted by Crippen LogP contribution is -1.97. The molecule has 0 fully saturated rings. The third-order valence-electron chi connectivity index (χ3n) is 3.16. The smallest absolute Gasteiger partial charge is 0.339 e. The summed E-state index contributed by atoms with van der Waals surface area (Å²) in [5.74, 6) is -2.40. The molecule has 0 saturated carbocycles. The average Bonchev–Trinajstić information content (AvgIpc) is 2.55. The maximum atomic E-state index is 10.9. The number of carboxylic acid groups (broad SMARTS) is 1. The number of carbonyl (C=O) groups is 1. The Bertz CT molecular complexity index is 781. The predicted octanol–water partition coefficient (Wildman–Crippen LogP) is 3.91. The summed E-state index contributed by atoms with van der Waals surface area (Å²) in [5, 5.41) is 37.5. The summed E-state index contributed by atoms with van der Waals surface area (Å²) in [6.07, 6.45) is 9.90. The van der Waals surface area contributed by atoms with Gasteiger partial charge in [0.15, 0.2) is 17.3 Å². The molecular formula is C19H20O6. The zero-order chi connectivity index (χ0) is 19.0. The molecule has 0 aliphatic heterocycles. The van der Waals surface area contributed by atoms with Gasteiger partial charge in [0.05, 0.1) is 7.11 Å². The second-order valence-electron chi connectivity index (χ2n) is 5.02. The van der Waals surface area contributed by atoms with Gasteiger partial charge in [-0.2, -0.15) is 0 Å². The Hall–Kier alpha value is -3.41. The number of aromatic hydroxyl groups is 2. The summed E-state index contributed by atoms with van der Waals surface area (Å²) in [6, 6.07) is 2.61. The van der Waals surface area contributed by atoms with E-state index in [1.165, 1.54) is 25.3 Å². The van der Waals surface area contributed by atoms with Crippen molar-refractivity contribution in [1.82, 2.24) is 0 Å². The van der Waals surface area contributed by atoms with Gasteiger partial charge in [0.1, 0.15) is 11.3 Å². The van der Waals surface area contributed by atoms with Gasteiger partial charge in [-0.25, -0.2) is 4.79 Å². The fourth-order valence-corrected chi connectivity index (χ4v) is 1.81. The number of carboxylic acids is 1. The van der Waals surface area contributed by atoms with Gasteiger partial charge >= 0.3 is 5.97 Å². The molecule has 0 aliphatic rings. The molecule has 0 saturated heterocycles. The topological polar surface area (TPSA) is 107 Å². The number of phenolic OH excluding ortho intramolecular Hbond substituents is 1. The molecule has 0 amide bonds. The van der Waals surface area contributed by atoms with E-state index in [0.29, 0.717) is 0 Å². The minimum Gasteiger partial charge on any atom is -0.505 e. The van der Waals surface area contributed by atoms with Crippen LogP contribution >= 0.6 is 0 Å². The Labute approximate surface area is 145 Å². The van der Waals surface area contributed by atoms with E-state index in [1.807, 2.05) is 6.92 Å². The van der Waals surface area contributed by atoms with Crippen molar-refractivity contribution in [2.45, 2.75) is 6.92 Å². The second-order valence-corrected chi connectivity index (χ2v) is 5.02. The molecule has 0 bridgehead atoms. The van der Waals surface area contributed by atoms with Crippen molar-refractivity contribution in [3.05, 3.63) is 77.3 Å². The van der Waals surface area contributed by atoms with Gasteiger partial charge in [-0.1, -0.05) is 48.6 Å². The maximum Gasteiger partial charge on any atom is 0.339 e. The minimum atomic E-state index is -1.32. The summed E-state index contributed by atoms with van der Waals surface area (Å²) < 4.78 is 4.93. The van der Waals surface area contributed by atoms with Crippen molar-refractivity contribution >= 4 is 12.0 Å². The number of hydrogen-bond acceptors (Lipinski definition) is 5. The molecule has 25 heavy (non-hydrogen) atoms. The van der Waals surface area contributed by atoms with Crippen LogP contribution in [-0.4, -0.2) is 33.5 Å². The SMILES string of the molecule is C=C(O)\C(=C/C=C(C)/C=C/C=C/c1ccc(C(=O)O)c(O)c1O)OC. The van der Waals surface area contributed by atoms with Crippen LogP contribution in [0, 0.1) is 0 Å². The summed E-state index contributed by atoms with van der Waals surface area (Å²) in [4.78, 5) is 10.9. The van der Waals surface area contributed by atoms with Crippen molar-refractivity contribution in [3.8, 4) is 11.5 Å². The molecule has 0 aliphatic carbocycles. The molecule has 6 nitrogen and oxygen atoms in total. The fourth-order valence-electron chi connectivity index (χ4n) is 1.81. The largest absolute Gasteiger partial charge is 0.505 e. The van der Waals surface area contributed by atoms with E-state index in [4.69, 9.17) is 9.84 Å². The number of aromatic carboxylic acids is 1. The second kappa shape index (κ2) is 9.02. The number of benzene rings is 1. The zero-order valence-electron chi connectivity index (χ0n) is 13.9. The normalized spacial score (nSPS) is 12.7. The van der Waals surface area contributed by atoms with Gasteiger partial charge in [-0.05, 0) is 19.1 Å². The average molecular weight is 344 g/mol. The molecule has 0 unspecified atom stereocenters. The third-order valence-corrected chi connectivity index (χ3v) is 3.16. The van der Waals surface area contributed by atoms with Crippen LogP contribution in [0.3, 0.4) is 0 Å². The van der Waals surface area contributed by atoms with Gasteiger partial charge in [-0.15, -0.1) is 0 Å². The monoisotopic (exact) mass is 344 g/mol. The molecule has 0 aromatic heterocycles. The van der Waals surface area contributed by atoms with Gasteiger partial charge in [-0.3, -0.25) is 0 Å². The highest BCUT2D eigenvalue weighted by Gasteiger charge is 2.14. The van der Waals surface area contributed by atoms with Gasteiger partial charge in [0, 0.05) is 5.56 Å². The predicted molar refractivity (Wildman–Crippen MR) is 95.5 cm³/mol. The van der Waals surface area contributed by atoms with E-state index in [1.54, 1.807) is 30.4 Å². The molecule has 1 rings (SSSR count). The summed E-state index contributed by atoms with van der Waals surface area (Å²) >= 11 is 0. The highest BCUT2D eigenvalue weighted by atomic mass is 16.5. The Morgan fingerprint density at radius 3 is 2.36 bits per heavy atom. The zero-order valence-corrected chi connectivity index (χ0v) is 13.9. The molecular weight excluding hydrogens is 324 g/mol. The number of rotatable bonds is 7. The molecule has 0 atom stereocenters. The van der Waals surface area contributed by atoms with Crippen LogP contribution in [0.5, 0.6) is 11.5 Å². The van der Waals surface area contributed by atoms with Crippen LogP contribution < -0.4 is 0 Å². The standard InChI is InChI=1S/C19H20O6/c1-12(8-11-16(25-3)13(2)20)6-4-5-7-14-9-10-15(19(23)24)18(22)17(14)21/h4-11,20-22H,2H2,1,3H3,(H,23,24)/b6-4+,7-5+,12-8+,16-11+. The lowest BCUT2D eigenvalue weighted by Gasteiger charge is -2.04. The molecule has 0 heterocycles. The number of aliphatic hydroxyl groups is 1. The lowest BCUT2D eigenvalue weighted by molar-refractivity contribution is 0.0693. The quantitative estimate of drug-likeness (QED) is 0.339. The molecule has 132 valence electrons. The van der Waals surface area contributed by atoms with Crippen molar-refractivity contribution in [3.63, 3.8) is 0 Å². The first-order valence-electron chi connectivity index (χ1n) is 7.21. The van der Waals surface area contributed by atoms with Crippen molar-refractivity contribution in [2.75, 3.05) is 7.11 Å².